The van der Waals surface area contributed by atoms with Crippen LogP contribution in [0.1, 0.15) is 41.0 Å². The van der Waals surface area contributed by atoms with Crippen molar-refractivity contribution in [3.05, 3.63) is 0 Å². The van der Waals surface area contributed by atoms with E-state index in [0.29, 0.717) is 0 Å². The van der Waals surface area contributed by atoms with Gasteiger partial charge in [-0.05, 0) is 34.1 Å². The van der Waals surface area contributed by atoms with Crippen LogP contribution in [0.2, 0.25) is 0 Å². The lowest BCUT2D eigenvalue weighted by Gasteiger charge is -2.37. The van der Waals surface area contributed by atoms with Crippen LogP contribution in [0.3, 0.4) is 0 Å². The number of hydrogen-bond donors (Lipinski definition) is 0. The number of hydrogen-bond acceptors (Lipinski definition) is 3. The van der Waals surface area contributed by atoms with Crippen LogP contribution in [0.15, 0.2) is 10.3 Å². The molecular weight excluding hydrogens is 150 g/mol. The smallest absolute Gasteiger partial charge is 0.102 e. The first kappa shape index (κ1) is 9.49. The fraction of sp³-hybridized carbons (Fsp3) is 1.00. The molecule has 1 aliphatic heterocycles. The Labute approximate surface area is 74.8 Å². The Hall–Kier alpha value is -0.600. The molecule has 0 aromatic heterocycles. The van der Waals surface area contributed by atoms with Crippen molar-refractivity contribution < 1.29 is 0 Å². The second kappa shape index (κ2) is 2.71. The molecule has 70 valence electrons. The first-order valence-electron chi connectivity index (χ1n) is 4.62. The highest BCUT2D eigenvalue weighted by molar-refractivity contribution is 5.02. The predicted octanol–water partition coefficient (Wildman–Crippen LogP) is 2.64. The van der Waals surface area contributed by atoms with Crippen LogP contribution in [0.4, 0.5) is 0 Å². The standard InChI is InChI=1S/C9H19N3/c1-6-7-12-9(4,5)8(2,3)10-11-12/h6-7H2,1-5H3. The molecule has 0 atom stereocenters. The van der Waals surface area contributed by atoms with Crippen LogP contribution in [-0.2, 0) is 0 Å². The molecule has 0 saturated carbocycles. The molecule has 0 aromatic carbocycles. The molecule has 0 saturated heterocycles. The summed E-state index contributed by atoms with van der Waals surface area (Å²) in [6.45, 7) is 11.8. The molecule has 0 amide bonds. The number of nitrogens with zero attached hydrogens (tertiary/aromatic N) is 3. The highest BCUT2D eigenvalue weighted by Crippen LogP contribution is 2.37. The summed E-state index contributed by atoms with van der Waals surface area (Å²) in [6, 6.07) is 0. The molecule has 0 bridgehead atoms. The maximum Gasteiger partial charge on any atom is 0.102 e. The van der Waals surface area contributed by atoms with Gasteiger partial charge in [0.2, 0.25) is 0 Å². The van der Waals surface area contributed by atoms with E-state index in [1.807, 2.05) is 0 Å². The molecule has 12 heavy (non-hydrogen) atoms. The first-order chi connectivity index (χ1) is 5.42. The number of rotatable bonds is 2. The van der Waals surface area contributed by atoms with E-state index in [2.05, 4.69) is 50.0 Å². The quantitative estimate of drug-likeness (QED) is 0.624. The van der Waals surface area contributed by atoms with Crippen molar-refractivity contribution in [2.75, 3.05) is 6.54 Å². The zero-order chi connectivity index (χ0) is 9.41. The maximum absolute atomic E-state index is 4.27. The molecule has 0 spiro atoms. The molecule has 0 fully saturated rings. The van der Waals surface area contributed by atoms with Crippen LogP contribution in [-0.4, -0.2) is 22.6 Å². The molecule has 0 N–H and O–H groups in total. The molecule has 0 unspecified atom stereocenters. The lowest BCUT2D eigenvalue weighted by molar-refractivity contribution is 0.110. The van der Waals surface area contributed by atoms with Gasteiger partial charge in [-0.15, -0.1) is 0 Å². The van der Waals surface area contributed by atoms with Gasteiger partial charge in [0.05, 0.1) is 5.54 Å². The SMILES string of the molecule is CCCN1N=NC(C)(C)C1(C)C. The highest BCUT2D eigenvalue weighted by atomic mass is 15.6. The predicted molar refractivity (Wildman–Crippen MR) is 50.0 cm³/mol. The van der Waals surface area contributed by atoms with Crippen LogP contribution < -0.4 is 0 Å². The lowest BCUT2D eigenvalue weighted by atomic mass is 9.83. The van der Waals surface area contributed by atoms with Gasteiger partial charge < -0.3 is 0 Å². The summed E-state index contributed by atoms with van der Waals surface area (Å²) in [5.74, 6) is 0. The largest absolute Gasteiger partial charge is 0.271 e. The van der Waals surface area contributed by atoms with Gasteiger partial charge in [-0.3, -0.25) is 5.01 Å². The minimum Gasteiger partial charge on any atom is -0.271 e. The van der Waals surface area contributed by atoms with E-state index in [4.69, 9.17) is 0 Å². The van der Waals surface area contributed by atoms with E-state index in [0.717, 1.165) is 13.0 Å². The van der Waals surface area contributed by atoms with Crippen LogP contribution in [0.25, 0.3) is 0 Å². The molecule has 0 aliphatic carbocycles. The molecular formula is C9H19N3. The minimum atomic E-state index is -0.0534. The molecule has 3 heteroatoms. The second-order valence-corrected chi connectivity index (χ2v) is 4.43. The summed E-state index contributed by atoms with van der Waals surface area (Å²) in [7, 11) is 0. The summed E-state index contributed by atoms with van der Waals surface area (Å²) < 4.78 is 0. The first-order valence-corrected chi connectivity index (χ1v) is 4.62. The van der Waals surface area contributed by atoms with Gasteiger partial charge in [-0.25, -0.2) is 0 Å². The Morgan fingerprint density at radius 1 is 1.17 bits per heavy atom. The third-order valence-corrected chi connectivity index (χ3v) is 2.98. The molecule has 3 nitrogen and oxygen atoms in total. The topological polar surface area (TPSA) is 28.0 Å². The van der Waals surface area contributed by atoms with E-state index < -0.39 is 0 Å². The molecule has 0 aromatic rings. The monoisotopic (exact) mass is 169 g/mol. The van der Waals surface area contributed by atoms with Gasteiger partial charge >= 0.3 is 0 Å². The highest BCUT2D eigenvalue weighted by Gasteiger charge is 2.46. The Kier molecular flexibility index (Phi) is 2.15. The van der Waals surface area contributed by atoms with Gasteiger partial charge in [-0.2, -0.15) is 5.11 Å². The van der Waals surface area contributed by atoms with Crippen molar-refractivity contribution in [3.63, 3.8) is 0 Å². The Morgan fingerprint density at radius 2 is 1.75 bits per heavy atom. The Bertz CT molecular complexity index is 194. The average Bonchev–Trinajstić information content (AvgIpc) is 2.13. The average molecular weight is 169 g/mol. The summed E-state index contributed by atoms with van der Waals surface area (Å²) in [6.07, 6.45) is 1.12. The van der Waals surface area contributed by atoms with E-state index in [1.165, 1.54) is 0 Å². The van der Waals surface area contributed by atoms with Crippen molar-refractivity contribution >= 4 is 0 Å². The van der Waals surface area contributed by atoms with E-state index in [9.17, 15) is 0 Å². The van der Waals surface area contributed by atoms with Gasteiger partial charge in [0.15, 0.2) is 0 Å². The minimum absolute atomic E-state index is 0.0534. The van der Waals surface area contributed by atoms with E-state index in [1.54, 1.807) is 0 Å². The zero-order valence-electron chi connectivity index (χ0n) is 8.76. The second-order valence-electron chi connectivity index (χ2n) is 4.43. The molecule has 1 rings (SSSR count). The van der Waals surface area contributed by atoms with Gasteiger partial charge in [0, 0.05) is 6.54 Å². The van der Waals surface area contributed by atoms with Crippen molar-refractivity contribution in [3.8, 4) is 0 Å². The third-order valence-electron chi connectivity index (χ3n) is 2.98. The van der Waals surface area contributed by atoms with Gasteiger partial charge in [0.1, 0.15) is 5.54 Å². The van der Waals surface area contributed by atoms with E-state index in [-0.39, 0.29) is 11.1 Å². The Balaban J connectivity index is 2.78. The van der Waals surface area contributed by atoms with Gasteiger partial charge in [-0.1, -0.05) is 12.1 Å². The summed E-state index contributed by atoms with van der Waals surface area (Å²) in [4.78, 5) is 0. The fourth-order valence-corrected chi connectivity index (χ4v) is 1.25. The lowest BCUT2D eigenvalue weighted by Crippen LogP contribution is -2.50. The normalized spacial score (nSPS) is 24.9. The Morgan fingerprint density at radius 3 is 2.08 bits per heavy atom. The molecule has 1 heterocycles. The van der Waals surface area contributed by atoms with Crippen molar-refractivity contribution in [2.45, 2.75) is 52.1 Å². The molecule has 1 aliphatic rings. The van der Waals surface area contributed by atoms with Crippen molar-refractivity contribution in [1.29, 1.82) is 0 Å². The molecule has 0 radical (unpaired) electrons. The van der Waals surface area contributed by atoms with E-state index >= 15 is 0 Å². The van der Waals surface area contributed by atoms with Crippen LogP contribution in [0, 0.1) is 0 Å². The zero-order valence-corrected chi connectivity index (χ0v) is 8.76. The summed E-state index contributed by atoms with van der Waals surface area (Å²) in [5, 5.41) is 10.6. The van der Waals surface area contributed by atoms with Crippen LogP contribution in [0.5, 0.6) is 0 Å². The van der Waals surface area contributed by atoms with Crippen molar-refractivity contribution in [2.24, 2.45) is 10.3 Å². The summed E-state index contributed by atoms with van der Waals surface area (Å²) in [5.41, 5.74) is 0.00514. The van der Waals surface area contributed by atoms with Crippen molar-refractivity contribution in [1.82, 2.24) is 5.01 Å². The summed E-state index contributed by atoms with van der Waals surface area (Å²) >= 11 is 0. The van der Waals surface area contributed by atoms with Crippen LogP contribution >= 0.6 is 0 Å². The third kappa shape index (κ3) is 1.21. The van der Waals surface area contributed by atoms with Gasteiger partial charge in [0.25, 0.3) is 0 Å². The maximum atomic E-state index is 4.27. The fourth-order valence-electron chi connectivity index (χ4n) is 1.25.